The fraction of sp³-hybridized carbons (Fsp3) is 0.778. The van der Waals surface area contributed by atoms with E-state index in [-0.39, 0.29) is 31.1 Å². The van der Waals surface area contributed by atoms with Gasteiger partial charge in [0.05, 0.1) is 0 Å². The van der Waals surface area contributed by atoms with Crippen LogP contribution in [-0.4, -0.2) is 42.5 Å². The lowest BCUT2D eigenvalue weighted by Gasteiger charge is -2.31. The number of hydrogen-bond acceptors (Lipinski definition) is 4. The lowest BCUT2D eigenvalue weighted by Crippen LogP contribution is -2.51. The first-order valence-corrected chi connectivity index (χ1v) is 4.83. The summed E-state index contributed by atoms with van der Waals surface area (Å²) in [5.74, 6) is -0.497. The number of rotatable bonds is 4. The minimum absolute atomic E-state index is 0.00676. The Hall–Kier alpha value is -0.940. The second kappa shape index (κ2) is 5.07. The Morgan fingerprint density at radius 2 is 2.00 bits per heavy atom. The summed E-state index contributed by atoms with van der Waals surface area (Å²) < 4.78 is 4.83. The van der Waals surface area contributed by atoms with Crippen molar-refractivity contribution in [1.82, 2.24) is 4.90 Å². The smallest absolute Gasteiger partial charge is 0.255 e. The molecule has 1 atom stereocenters. The second-order valence-electron chi connectivity index (χ2n) is 3.29. The van der Waals surface area contributed by atoms with Crippen molar-refractivity contribution in [3.63, 3.8) is 0 Å². The van der Waals surface area contributed by atoms with Crippen molar-refractivity contribution in [2.45, 2.75) is 25.8 Å². The van der Waals surface area contributed by atoms with Crippen molar-refractivity contribution in [2.24, 2.45) is 5.73 Å². The van der Waals surface area contributed by atoms with Gasteiger partial charge in [-0.05, 0) is 19.4 Å². The van der Waals surface area contributed by atoms with Crippen LogP contribution < -0.4 is 5.73 Å². The van der Waals surface area contributed by atoms with Gasteiger partial charge in [-0.15, -0.1) is 0 Å². The van der Waals surface area contributed by atoms with Crippen molar-refractivity contribution in [3.8, 4) is 0 Å². The summed E-state index contributed by atoms with van der Waals surface area (Å²) in [6, 6.07) is -0.0658. The van der Waals surface area contributed by atoms with Gasteiger partial charge in [-0.3, -0.25) is 14.5 Å². The number of carbonyl (C=O) groups is 2. The quantitative estimate of drug-likeness (QED) is 0.621. The predicted molar refractivity (Wildman–Crippen MR) is 50.4 cm³/mol. The number of nitrogens with two attached hydrogens (primary N) is 1. The standard InChI is InChI=1S/C9H16N2O3/c1-2-7(3-4-10)11-8(12)5-14-6-9(11)13/h7H,2-6,10H2,1H3. The Balaban J connectivity index is 2.69. The molecule has 0 bridgehead atoms. The summed E-state index contributed by atoms with van der Waals surface area (Å²) in [6.45, 7) is 2.44. The molecule has 1 fully saturated rings. The Morgan fingerprint density at radius 1 is 1.43 bits per heavy atom. The summed E-state index contributed by atoms with van der Waals surface area (Å²) in [5.41, 5.74) is 5.42. The molecule has 0 radical (unpaired) electrons. The van der Waals surface area contributed by atoms with E-state index in [0.717, 1.165) is 6.42 Å². The van der Waals surface area contributed by atoms with E-state index in [4.69, 9.17) is 10.5 Å². The molecular weight excluding hydrogens is 184 g/mol. The maximum absolute atomic E-state index is 11.4. The van der Waals surface area contributed by atoms with Crippen LogP contribution in [0.2, 0.25) is 0 Å². The highest BCUT2D eigenvalue weighted by molar-refractivity contribution is 5.98. The molecule has 1 saturated heterocycles. The summed E-state index contributed by atoms with van der Waals surface area (Å²) in [7, 11) is 0. The van der Waals surface area contributed by atoms with Crippen LogP contribution in [0.4, 0.5) is 0 Å². The van der Waals surface area contributed by atoms with Crippen molar-refractivity contribution < 1.29 is 14.3 Å². The second-order valence-corrected chi connectivity index (χ2v) is 3.29. The monoisotopic (exact) mass is 200 g/mol. The van der Waals surface area contributed by atoms with Crippen LogP contribution in [0.15, 0.2) is 0 Å². The molecule has 0 spiro atoms. The average Bonchev–Trinajstić information content (AvgIpc) is 2.16. The molecule has 2 amide bonds. The molecule has 80 valence electrons. The van der Waals surface area contributed by atoms with Gasteiger partial charge in [0.1, 0.15) is 13.2 Å². The predicted octanol–water partition coefficient (Wildman–Crippen LogP) is -0.501. The number of imide groups is 1. The van der Waals surface area contributed by atoms with E-state index in [0.29, 0.717) is 13.0 Å². The zero-order valence-electron chi connectivity index (χ0n) is 8.36. The number of amides is 2. The molecule has 5 heteroatoms. The summed E-state index contributed by atoms with van der Waals surface area (Å²) in [6.07, 6.45) is 1.41. The van der Waals surface area contributed by atoms with Gasteiger partial charge in [-0.2, -0.15) is 0 Å². The van der Waals surface area contributed by atoms with Gasteiger partial charge in [0, 0.05) is 6.04 Å². The normalized spacial score (nSPS) is 20.0. The maximum atomic E-state index is 11.4. The van der Waals surface area contributed by atoms with Crippen LogP contribution in [0.1, 0.15) is 19.8 Å². The summed E-state index contributed by atoms with van der Waals surface area (Å²) >= 11 is 0. The van der Waals surface area contributed by atoms with Gasteiger partial charge in [-0.1, -0.05) is 6.92 Å². The van der Waals surface area contributed by atoms with Crippen molar-refractivity contribution >= 4 is 11.8 Å². The van der Waals surface area contributed by atoms with Gasteiger partial charge in [0.15, 0.2) is 0 Å². The Bertz CT molecular complexity index is 214. The van der Waals surface area contributed by atoms with E-state index in [1.54, 1.807) is 0 Å². The molecule has 1 aliphatic rings. The third-order valence-electron chi connectivity index (χ3n) is 2.32. The van der Waals surface area contributed by atoms with E-state index < -0.39 is 0 Å². The molecule has 0 aromatic rings. The lowest BCUT2D eigenvalue weighted by molar-refractivity contribution is -0.161. The highest BCUT2D eigenvalue weighted by Crippen LogP contribution is 2.12. The highest BCUT2D eigenvalue weighted by atomic mass is 16.5. The summed E-state index contributed by atoms with van der Waals surface area (Å²) in [4.78, 5) is 24.1. The first-order chi connectivity index (χ1) is 6.70. The number of nitrogens with zero attached hydrogens (tertiary/aromatic N) is 1. The molecule has 1 rings (SSSR count). The zero-order chi connectivity index (χ0) is 10.6. The molecule has 0 aromatic heterocycles. The van der Waals surface area contributed by atoms with E-state index >= 15 is 0 Å². The van der Waals surface area contributed by atoms with Gasteiger partial charge in [0.2, 0.25) is 0 Å². The van der Waals surface area contributed by atoms with Gasteiger partial charge in [0.25, 0.3) is 11.8 Å². The number of morpholine rings is 1. The van der Waals surface area contributed by atoms with Crippen LogP contribution in [-0.2, 0) is 14.3 Å². The first-order valence-electron chi connectivity index (χ1n) is 4.83. The van der Waals surface area contributed by atoms with E-state index in [1.807, 2.05) is 6.92 Å². The molecular formula is C9H16N2O3. The minimum Gasteiger partial charge on any atom is -0.362 e. The van der Waals surface area contributed by atoms with Crippen molar-refractivity contribution in [3.05, 3.63) is 0 Å². The molecule has 1 aliphatic heterocycles. The summed E-state index contributed by atoms with van der Waals surface area (Å²) in [5, 5.41) is 0. The first kappa shape index (κ1) is 11.1. The molecule has 2 N–H and O–H groups in total. The largest absolute Gasteiger partial charge is 0.362 e. The Morgan fingerprint density at radius 3 is 2.43 bits per heavy atom. The van der Waals surface area contributed by atoms with Crippen LogP contribution >= 0.6 is 0 Å². The van der Waals surface area contributed by atoms with E-state index in [9.17, 15) is 9.59 Å². The zero-order valence-corrected chi connectivity index (χ0v) is 8.36. The molecule has 1 unspecified atom stereocenters. The van der Waals surface area contributed by atoms with Crippen LogP contribution in [0.5, 0.6) is 0 Å². The molecule has 5 nitrogen and oxygen atoms in total. The van der Waals surface area contributed by atoms with Crippen molar-refractivity contribution in [1.29, 1.82) is 0 Å². The number of carbonyl (C=O) groups excluding carboxylic acids is 2. The molecule has 0 aromatic carbocycles. The Labute approximate surface area is 83.2 Å². The molecule has 0 aliphatic carbocycles. The number of ether oxygens (including phenoxy) is 1. The van der Waals surface area contributed by atoms with Gasteiger partial charge >= 0.3 is 0 Å². The fourth-order valence-electron chi connectivity index (χ4n) is 1.62. The van der Waals surface area contributed by atoms with Crippen LogP contribution in [0.3, 0.4) is 0 Å². The van der Waals surface area contributed by atoms with E-state index in [1.165, 1.54) is 4.90 Å². The van der Waals surface area contributed by atoms with Gasteiger partial charge in [-0.25, -0.2) is 0 Å². The van der Waals surface area contributed by atoms with Gasteiger partial charge < -0.3 is 10.5 Å². The van der Waals surface area contributed by atoms with Crippen LogP contribution in [0.25, 0.3) is 0 Å². The molecule has 0 saturated carbocycles. The molecule has 14 heavy (non-hydrogen) atoms. The SMILES string of the molecule is CCC(CCN)N1C(=O)COCC1=O. The van der Waals surface area contributed by atoms with Crippen LogP contribution in [0, 0.1) is 0 Å². The molecule has 1 heterocycles. The number of hydrogen-bond donors (Lipinski definition) is 1. The van der Waals surface area contributed by atoms with E-state index in [2.05, 4.69) is 0 Å². The minimum atomic E-state index is -0.249. The highest BCUT2D eigenvalue weighted by Gasteiger charge is 2.31. The Kier molecular flexibility index (Phi) is 4.03. The topological polar surface area (TPSA) is 72.6 Å². The third kappa shape index (κ3) is 2.30. The van der Waals surface area contributed by atoms with Crippen molar-refractivity contribution in [2.75, 3.05) is 19.8 Å². The third-order valence-corrected chi connectivity index (χ3v) is 2.32. The average molecular weight is 200 g/mol. The lowest BCUT2D eigenvalue weighted by atomic mass is 10.1. The fourth-order valence-corrected chi connectivity index (χ4v) is 1.62. The maximum Gasteiger partial charge on any atom is 0.255 e.